The van der Waals surface area contributed by atoms with Gasteiger partial charge in [-0.25, -0.2) is 4.98 Å². The molecular formula is C20H27N3OS. The maximum absolute atomic E-state index is 12.2. The van der Waals surface area contributed by atoms with E-state index in [9.17, 15) is 4.79 Å². The fourth-order valence-electron chi connectivity index (χ4n) is 3.77. The number of thiazole rings is 1. The number of carbonyl (C=O) groups excluding carboxylic acids is 1. The summed E-state index contributed by atoms with van der Waals surface area (Å²) in [5.41, 5.74) is 0.981. The molecule has 0 aliphatic carbocycles. The van der Waals surface area contributed by atoms with Crippen molar-refractivity contribution in [2.45, 2.75) is 33.2 Å². The molecule has 3 unspecified atom stereocenters. The van der Waals surface area contributed by atoms with E-state index in [1.165, 1.54) is 6.42 Å². The molecule has 5 heteroatoms. The number of amides is 1. The Morgan fingerprint density at radius 3 is 2.80 bits per heavy atom. The number of nitrogens with zero attached hydrogens (tertiary/aromatic N) is 2. The van der Waals surface area contributed by atoms with Gasteiger partial charge in [-0.05, 0) is 43.4 Å². The molecule has 134 valence electrons. The number of carbonyl (C=O) groups is 1. The summed E-state index contributed by atoms with van der Waals surface area (Å²) in [5, 5.41) is 3.93. The van der Waals surface area contributed by atoms with Gasteiger partial charge in [-0.1, -0.05) is 26.0 Å². The number of hydrogen-bond acceptors (Lipinski definition) is 4. The number of likely N-dealkylation sites (tertiary alicyclic amines) is 1. The second kappa shape index (κ2) is 8.11. The van der Waals surface area contributed by atoms with Crippen molar-refractivity contribution in [3.8, 4) is 0 Å². The van der Waals surface area contributed by atoms with Crippen molar-refractivity contribution in [1.29, 1.82) is 0 Å². The van der Waals surface area contributed by atoms with Crippen LogP contribution in [0.5, 0.6) is 0 Å². The first kappa shape index (κ1) is 18.1. The summed E-state index contributed by atoms with van der Waals surface area (Å²) in [5.74, 6) is 1.43. The van der Waals surface area contributed by atoms with Crippen LogP contribution in [-0.2, 0) is 4.79 Å². The summed E-state index contributed by atoms with van der Waals surface area (Å²) in [4.78, 5) is 19.2. The van der Waals surface area contributed by atoms with Gasteiger partial charge in [0.2, 0.25) is 5.91 Å². The monoisotopic (exact) mass is 357 g/mol. The van der Waals surface area contributed by atoms with Crippen LogP contribution in [0.4, 0.5) is 0 Å². The fraction of sp³-hybridized carbons (Fsp3) is 0.500. The van der Waals surface area contributed by atoms with Gasteiger partial charge in [0.15, 0.2) is 0 Å². The Hall–Kier alpha value is -1.72. The zero-order chi connectivity index (χ0) is 17.8. The Bertz CT molecular complexity index is 711. The van der Waals surface area contributed by atoms with Gasteiger partial charge in [-0.2, -0.15) is 0 Å². The molecule has 2 heterocycles. The summed E-state index contributed by atoms with van der Waals surface area (Å²) in [6, 6.07) is 8.17. The molecule has 1 aliphatic heterocycles. The topological polar surface area (TPSA) is 45.2 Å². The highest BCUT2D eigenvalue weighted by Crippen LogP contribution is 2.22. The van der Waals surface area contributed by atoms with Crippen LogP contribution < -0.4 is 5.32 Å². The molecule has 1 aliphatic rings. The van der Waals surface area contributed by atoms with Crippen molar-refractivity contribution >= 4 is 33.5 Å². The van der Waals surface area contributed by atoms with Crippen molar-refractivity contribution in [2.75, 3.05) is 19.6 Å². The minimum absolute atomic E-state index is 0.0511. The number of rotatable bonds is 5. The standard InChI is InChI=1S/C20H27N3OS/c1-14-10-15(2)12-23(11-14)13-16(3)21-19(24)8-9-20-22-17-6-4-5-7-18(17)25-20/h4-9,14-16H,10-13H2,1-3H3,(H,21,24)/b9-8+. The summed E-state index contributed by atoms with van der Waals surface area (Å²) in [6.07, 6.45) is 4.70. The number of piperidine rings is 1. The molecule has 1 N–H and O–H groups in total. The smallest absolute Gasteiger partial charge is 0.244 e. The van der Waals surface area contributed by atoms with E-state index in [1.54, 1.807) is 23.5 Å². The van der Waals surface area contributed by atoms with E-state index < -0.39 is 0 Å². The number of nitrogens with one attached hydrogen (secondary N) is 1. The van der Waals surface area contributed by atoms with Gasteiger partial charge in [-0.3, -0.25) is 4.79 Å². The number of benzene rings is 1. The highest BCUT2D eigenvalue weighted by molar-refractivity contribution is 7.19. The number of para-hydroxylation sites is 1. The Balaban J connectivity index is 1.51. The van der Waals surface area contributed by atoms with Crippen molar-refractivity contribution in [3.05, 3.63) is 35.3 Å². The number of hydrogen-bond donors (Lipinski definition) is 1. The highest BCUT2D eigenvalue weighted by Gasteiger charge is 2.23. The van der Waals surface area contributed by atoms with Crippen LogP contribution in [0.15, 0.2) is 30.3 Å². The fourth-order valence-corrected chi connectivity index (χ4v) is 4.64. The lowest BCUT2D eigenvalue weighted by molar-refractivity contribution is -0.117. The molecule has 0 radical (unpaired) electrons. The van der Waals surface area contributed by atoms with Crippen LogP contribution in [0.2, 0.25) is 0 Å². The minimum atomic E-state index is -0.0511. The van der Waals surface area contributed by atoms with Gasteiger partial charge in [0, 0.05) is 31.8 Å². The van der Waals surface area contributed by atoms with Gasteiger partial charge in [-0.15, -0.1) is 11.3 Å². The van der Waals surface area contributed by atoms with E-state index >= 15 is 0 Å². The van der Waals surface area contributed by atoms with Crippen LogP contribution in [0.1, 0.15) is 32.2 Å². The number of fused-ring (bicyclic) bond motifs is 1. The lowest BCUT2D eigenvalue weighted by Gasteiger charge is -2.36. The summed E-state index contributed by atoms with van der Waals surface area (Å²) in [6.45, 7) is 9.88. The predicted octanol–water partition coefficient (Wildman–Crippen LogP) is 3.79. The van der Waals surface area contributed by atoms with Gasteiger partial charge in [0.1, 0.15) is 5.01 Å². The van der Waals surface area contributed by atoms with Crippen LogP contribution in [0.3, 0.4) is 0 Å². The molecule has 1 amide bonds. The molecule has 1 saturated heterocycles. The second-order valence-corrected chi connectivity index (χ2v) is 8.49. The summed E-state index contributed by atoms with van der Waals surface area (Å²) in [7, 11) is 0. The SMILES string of the molecule is CC1CC(C)CN(CC(C)NC(=O)/C=C/c2nc3ccccc3s2)C1. The Morgan fingerprint density at radius 1 is 1.36 bits per heavy atom. The second-order valence-electron chi connectivity index (χ2n) is 7.43. The minimum Gasteiger partial charge on any atom is -0.349 e. The third-order valence-corrected chi connectivity index (χ3v) is 5.55. The molecule has 1 fully saturated rings. The maximum atomic E-state index is 12.2. The quantitative estimate of drug-likeness (QED) is 0.828. The molecular weight excluding hydrogens is 330 g/mol. The molecule has 0 saturated carbocycles. The zero-order valence-electron chi connectivity index (χ0n) is 15.2. The molecule has 25 heavy (non-hydrogen) atoms. The summed E-state index contributed by atoms with van der Waals surface area (Å²) < 4.78 is 1.14. The van der Waals surface area contributed by atoms with Gasteiger partial charge in [0.25, 0.3) is 0 Å². The molecule has 0 bridgehead atoms. The zero-order valence-corrected chi connectivity index (χ0v) is 16.1. The maximum Gasteiger partial charge on any atom is 0.244 e. The molecule has 2 aromatic rings. The highest BCUT2D eigenvalue weighted by atomic mass is 32.1. The van der Waals surface area contributed by atoms with Gasteiger partial charge in [0.05, 0.1) is 10.2 Å². The van der Waals surface area contributed by atoms with Crippen molar-refractivity contribution in [1.82, 2.24) is 15.2 Å². The third kappa shape index (κ3) is 5.13. The van der Waals surface area contributed by atoms with E-state index in [4.69, 9.17) is 0 Å². The van der Waals surface area contributed by atoms with E-state index in [2.05, 4.69) is 36.0 Å². The van der Waals surface area contributed by atoms with Crippen LogP contribution in [0.25, 0.3) is 16.3 Å². The molecule has 1 aromatic carbocycles. The Morgan fingerprint density at radius 2 is 2.08 bits per heavy atom. The normalized spacial score (nSPS) is 23.2. The van der Waals surface area contributed by atoms with E-state index in [0.717, 1.165) is 46.7 Å². The number of aromatic nitrogens is 1. The lowest BCUT2D eigenvalue weighted by Crippen LogP contribution is -2.46. The molecule has 4 nitrogen and oxygen atoms in total. The van der Waals surface area contributed by atoms with Crippen molar-refractivity contribution < 1.29 is 4.79 Å². The van der Waals surface area contributed by atoms with E-state index in [-0.39, 0.29) is 11.9 Å². The predicted molar refractivity (Wildman–Crippen MR) is 106 cm³/mol. The first-order chi connectivity index (χ1) is 12.0. The summed E-state index contributed by atoms with van der Waals surface area (Å²) >= 11 is 1.60. The average molecular weight is 358 g/mol. The van der Waals surface area contributed by atoms with Crippen LogP contribution in [-0.4, -0.2) is 41.5 Å². The third-order valence-electron chi connectivity index (χ3n) is 4.55. The molecule has 1 aromatic heterocycles. The van der Waals surface area contributed by atoms with E-state index in [0.29, 0.717) is 0 Å². The Kier molecular flexibility index (Phi) is 5.86. The van der Waals surface area contributed by atoms with Gasteiger partial charge < -0.3 is 10.2 Å². The first-order valence-corrected chi connectivity index (χ1v) is 9.87. The largest absolute Gasteiger partial charge is 0.349 e. The Labute approximate surface area is 153 Å². The molecule has 3 rings (SSSR count). The van der Waals surface area contributed by atoms with Crippen LogP contribution in [0, 0.1) is 11.8 Å². The first-order valence-electron chi connectivity index (χ1n) is 9.06. The van der Waals surface area contributed by atoms with E-state index in [1.807, 2.05) is 24.3 Å². The van der Waals surface area contributed by atoms with Crippen molar-refractivity contribution in [2.24, 2.45) is 11.8 Å². The van der Waals surface area contributed by atoms with Gasteiger partial charge >= 0.3 is 0 Å². The van der Waals surface area contributed by atoms with Crippen molar-refractivity contribution in [3.63, 3.8) is 0 Å². The molecule has 3 atom stereocenters. The average Bonchev–Trinajstić information content (AvgIpc) is 2.94. The van der Waals surface area contributed by atoms with Crippen LogP contribution >= 0.6 is 11.3 Å². The lowest BCUT2D eigenvalue weighted by atomic mass is 9.92. The molecule has 0 spiro atoms.